The molecule has 16 heavy (non-hydrogen) atoms. The van der Waals surface area contributed by atoms with Gasteiger partial charge < -0.3 is 9.84 Å². The molecule has 0 saturated heterocycles. The Morgan fingerprint density at radius 1 is 1.44 bits per heavy atom. The van der Waals surface area contributed by atoms with Gasteiger partial charge in [0.25, 0.3) is 0 Å². The molecule has 0 aromatic rings. The van der Waals surface area contributed by atoms with Crippen LogP contribution in [0.25, 0.3) is 0 Å². The van der Waals surface area contributed by atoms with Crippen LogP contribution in [0.5, 0.6) is 0 Å². The van der Waals surface area contributed by atoms with Crippen molar-refractivity contribution in [2.24, 2.45) is 11.8 Å². The summed E-state index contributed by atoms with van der Waals surface area (Å²) in [7, 11) is 0. The lowest BCUT2D eigenvalue weighted by atomic mass is 9.82. The lowest BCUT2D eigenvalue weighted by Crippen LogP contribution is -2.27. The summed E-state index contributed by atoms with van der Waals surface area (Å²) in [5.74, 6) is -3.21. The fourth-order valence-corrected chi connectivity index (χ4v) is 1.82. The number of ether oxygens (including phenoxy) is 1. The first-order valence-corrected chi connectivity index (χ1v) is 5.11. The minimum absolute atomic E-state index is 0.0269. The SMILES string of the molecule is CC(=O)OC(=O)CC1CCC=CC1C(=O)O. The van der Waals surface area contributed by atoms with Crippen LogP contribution >= 0.6 is 0 Å². The van der Waals surface area contributed by atoms with E-state index in [1.807, 2.05) is 0 Å². The predicted molar refractivity (Wildman–Crippen MR) is 54.4 cm³/mol. The number of rotatable bonds is 3. The van der Waals surface area contributed by atoms with Crippen molar-refractivity contribution in [3.05, 3.63) is 12.2 Å². The van der Waals surface area contributed by atoms with Gasteiger partial charge >= 0.3 is 17.9 Å². The highest BCUT2D eigenvalue weighted by molar-refractivity contribution is 5.84. The average Bonchev–Trinajstić information content (AvgIpc) is 2.16. The van der Waals surface area contributed by atoms with Crippen LogP contribution in [0.15, 0.2) is 12.2 Å². The van der Waals surface area contributed by atoms with Crippen LogP contribution in [0.4, 0.5) is 0 Å². The summed E-state index contributed by atoms with van der Waals surface area (Å²) in [5, 5.41) is 8.93. The maximum atomic E-state index is 11.2. The van der Waals surface area contributed by atoms with Gasteiger partial charge in [-0.25, -0.2) is 0 Å². The van der Waals surface area contributed by atoms with E-state index in [1.54, 1.807) is 12.2 Å². The molecule has 2 unspecified atom stereocenters. The Hall–Kier alpha value is -1.65. The zero-order valence-electron chi connectivity index (χ0n) is 9.01. The standard InChI is InChI=1S/C11H14O5/c1-7(12)16-10(13)6-8-4-2-3-5-9(8)11(14)15/h3,5,8-9H,2,4,6H2,1H3,(H,14,15). The maximum Gasteiger partial charge on any atom is 0.313 e. The molecule has 5 heteroatoms. The number of hydrogen-bond donors (Lipinski definition) is 1. The lowest BCUT2D eigenvalue weighted by Gasteiger charge is -2.23. The second kappa shape index (κ2) is 5.44. The van der Waals surface area contributed by atoms with Gasteiger partial charge in [0.2, 0.25) is 0 Å². The molecule has 1 aliphatic rings. The Morgan fingerprint density at radius 3 is 2.69 bits per heavy atom. The molecule has 0 aromatic heterocycles. The van der Waals surface area contributed by atoms with E-state index in [0.29, 0.717) is 6.42 Å². The Balaban J connectivity index is 2.58. The Morgan fingerprint density at radius 2 is 2.12 bits per heavy atom. The summed E-state index contributed by atoms with van der Waals surface area (Å²) in [6, 6.07) is 0. The number of allylic oxidation sites excluding steroid dienone is 1. The second-order valence-electron chi connectivity index (χ2n) is 3.80. The van der Waals surface area contributed by atoms with Gasteiger partial charge in [0.1, 0.15) is 0 Å². The summed E-state index contributed by atoms with van der Waals surface area (Å²) in [6.45, 7) is 1.15. The highest BCUT2D eigenvalue weighted by atomic mass is 16.6. The zero-order chi connectivity index (χ0) is 12.1. The summed E-state index contributed by atoms with van der Waals surface area (Å²) in [4.78, 5) is 32.7. The fourth-order valence-electron chi connectivity index (χ4n) is 1.82. The summed E-state index contributed by atoms with van der Waals surface area (Å²) in [5.41, 5.74) is 0. The highest BCUT2D eigenvalue weighted by Crippen LogP contribution is 2.28. The molecule has 0 heterocycles. The molecular formula is C11H14O5. The minimum atomic E-state index is -0.948. The molecule has 0 aromatic carbocycles. The van der Waals surface area contributed by atoms with Gasteiger partial charge in [-0.15, -0.1) is 0 Å². The van der Waals surface area contributed by atoms with Crippen LogP contribution < -0.4 is 0 Å². The third kappa shape index (κ3) is 3.49. The van der Waals surface area contributed by atoms with Gasteiger partial charge in [0, 0.05) is 13.3 Å². The van der Waals surface area contributed by atoms with E-state index in [2.05, 4.69) is 4.74 Å². The molecule has 1 N–H and O–H groups in total. The van der Waals surface area contributed by atoms with E-state index in [0.717, 1.165) is 13.3 Å². The van der Waals surface area contributed by atoms with E-state index in [1.165, 1.54) is 0 Å². The third-order valence-corrected chi connectivity index (χ3v) is 2.53. The Bertz CT molecular complexity index is 331. The number of hydrogen-bond acceptors (Lipinski definition) is 4. The van der Waals surface area contributed by atoms with E-state index >= 15 is 0 Å². The van der Waals surface area contributed by atoms with Gasteiger partial charge in [-0.3, -0.25) is 14.4 Å². The van der Waals surface area contributed by atoms with E-state index < -0.39 is 23.8 Å². The van der Waals surface area contributed by atoms with Crippen molar-refractivity contribution < 1.29 is 24.2 Å². The van der Waals surface area contributed by atoms with Crippen molar-refractivity contribution >= 4 is 17.9 Å². The van der Waals surface area contributed by atoms with Crippen molar-refractivity contribution in [2.45, 2.75) is 26.2 Å². The third-order valence-electron chi connectivity index (χ3n) is 2.53. The van der Waals surface area contributed by atoms with Crippen LogP contribution in [-0.2, 0) is 19.1 Å². The molecule has 0 amide bonds. The number of esters is 2. The van der Waals surface area contributed by atoms with Gasteiger partial charge in [-0.1, -0.05) is 12.2 Å². The second-order valence-corrected chi connectivity index (χ2v) is 3.80. The zero-order valence-corrected chi connectivity index (χ0v) is 9.01. The number of carbonyl (C=O) groups excluding carboxylic acids is 2. The van der Waals surface area contributed by atoms with Gasteiger partial charge in [0.15, 0.2) is 0 Å². The molecule has 0 aliphatic heterocycles. The summed E-state index contributed by atoms with van der Waals surface area (Å²) < 4.78 is 4.39. The maximum absolute atomic E-state index is 11.2. The molecule has 2 atom stereocenters. The Kier molecular flexibility index (Phi) is 4.22. The lowest BCUT2D eigenvalue weighted by molar-refractivity contribution is -0.159. The summed E-state index contributed by atoms with van der Waals surface area (Å²) in [6.07, 6.45) is 4.74. The van der Waals surface area contributed by atoms with Crippen molar-refractivity contribution in [1.82, 2.24) is 0 Å². The monoisotopic (exact) mass is 226 g/mol. The first-order valence-electron chi connectivity index (χ1n) is 5.11. The number of carboxylic acid groups (broad SMARTS) is 1. The van der Waals surface area contributed by atoms with E-state index in [9.17, 15) is 14.4 Å². The minimum Gasteiger partial charge on any atom is -0.481 e. The normalized spacial score (nSPS) is 23.8. The average molecular weight is 226 g/mol. The fraction of sp³-hybridized carbons (Fsp3) is 0.545. The van der Waals surface area contributed by atoms with Crippen molar-refractivity contribution in [2.75, 3.05) is 0 Å². The molecule has 0 spiro atoms. The molecule has 0 radical (unpaired) electrons. The molecule has 1 aliphatic carbocycles. The van der Waals surface area contributed by atoms with Crippen LogP contribution in [0.1, 0.15) is 26.2 Å². The van der Waals surface area contributed by atoms with E-state index in [-0.39, 0.29) is 12.3 Å². The van der Waals surface area contributed by atoms with Gasteiger partial charge in [-0.2, -0.15) is 0 Å². The molecule has 1 rings (SSSR count). The number of aliphatic carboxylic acids is 1. The molecule has 0 fully saturated rings. The summed E-state index contributed by atoms with van der Waals surface area (Å²) >= 11 is 0. The van der Waals surface area contributed by atoms with Gasteiger partial charge in [-0.05, 0) is 18.8 Å². The van der Waals surface area contributed by atoms with Crippen LogP contribution in [-0.4, -0.2) is 23.0 Å². The number of carbonyl (C=O) groups is 3. The first kappa shape index (κ1) is 12.4. The topological polar surface area (TPSA) is 80.7 Å². The largest absolute Gasteiger partial charge is 0.481 e. The van der Waals surface area contributed by atoms with Crippen LogP contribution in [0.2, 0.25) is 0 Å². The highest BCUT2D eigenvalue weighted by Gasteiger charge is 2.30. The molecular weight excluding hydrogens is 212 g/mol. The Labute approximate surface area is 93.1 Å². The van der Waals surface area contributed by atoms with Crippen LogP contribution in [0.3, 0.4) is 0 Å². The molecule has 0 bridgehead atoms. The van der Waals surface area contributed by atoms with Crippen molar-refractivity contribution in [3.8, 4) is 0 Å². The van der Waals surface area contributed by atoms with Crippen LogP contribution in [0, 0.1) is 11.8 Å². The van der Waals surface area contributed by atoms with E-state index in [4.69, 9.17) is 5.11 Å². The molecule has 88 valence electrons. The molecule has 5 nitrogen and oxygen atoms in total. The van der Waals surface area contributed by atoms with Crippen molar-refractivity contribution in [3.63, 3.8) is 0 Å². The quantitative estimate of drug-likeness (QED) is 0.443. The predicted octanol–water partition coefficient (Wildman–Crippen LogP) is 1.13. The smallest absolute Gasteiger partial charge is 0.313 e. The van der Waals surface area contributed by atoms with Crippen molar-refractivity contribution in [1.29, 1.82) is 0 Å². The first-order chi connectivity index (χ1) is 7.50. The number of carboxylic acids is 1. The molecule has 0 saturated carbocycles. The van der Waals surface area contributed by atoms with Gasteiger partial charge in [0.05, 0.1) is 5.92 Å².